The smallest absolute Gasteiger partial charge is 0.180 e. The molecule has 1 aromatic carbocycles. The summed E-state index contributed by atoms with van der Waals surface area (Å²) in [6.07, 6.45) is 0. The number of halogens is 2. The van der Waals surface area contributed by atoms with Crippen LogP contribution in [0.25, 0.3) is 0 Å². The van der Waals surface area contributed by atoms with Crippen molar-refractivity contribution >= 4 is 27.1 Å². The van der Waals surface area contributed by atoms with Gasteiger partial charge in [-0.3, -0.25) is 0 Å². The first-order valence-corrected chi connectivity index (χ1v) is 5.88. The number of sulfone groups is 1. The molecule has 0 aliphatic rings. The molecule has 0 amide bonds. The van der Waals surface area contributed by atoms with Crippen molar-refractivity contribution < 1.29 is 12.8 Å². The van der Waals surface area contributed by atoms with E-state index in [1.807, 2.05) is 0 Å². The lowest BCUT2D eigenvalue weighted by atomic mass is 10.3. The Hall–Kier alpha value is -0.810. The van der Waals surface area contributed by atoms with Crippen molar-refractivity contribution in [2.75, 3.05) is 11.5 Å². The van der Waals surface area contributed by atoms with Crippen molar-refractivity contribution in [3.8, 4) is 0 Å². The summed E-state index contributed by atoms with van der Waals surface area (Å²) in [5.41, 5.74) is 5.26. The Bertz CT molecular complexity index is 459. The summed E-state index contributed by atoms with van der Waals surface area (Å²) in [5.74, 6) is -0.821. The van der Waals surface area contributed by atoms with Gasteiger partial charge in [0.2, 0.25) is 0 Å². The predicted octanol–water partition coefficient (Wildman–Crippen LogP) is 1.85. The summed E-state index contributed by atoms with van der Waals surface area (Å²) in [6.45, 7) is 1.48. The van der Waals surface area contributed by atoms with Crippen LogP contribution in [0.1, 0.15) is 6.92 Å². The summed E-state index contributed by atoms with van der Waals surface area (Å²) in [4.78, 5) is -0.119. The zero-order chi connectivity index (χ0) is 10.9. The number of nitrogen functional groups attached to an aromatic ring is 1. The minimum atomic E-state index is -3.44. The van der Waals surface area contributed by atoms with Gasteiger partial charge in [0.25, 0.3) is 0 Å². The van der Waals surface area contributed by atoms with Crippen molar-refractivity contribution in [3.63, 3.8) is 0 Å². The Morgan fingerprint density at radius 2 is 2.07 bits per heavy atom. The molecule has 0 aliphatic carbocycles. The maximum Gasteiger partial charge on any atom is 0.180 e. The Morgan fingerprint density at radius 1 is 1.50 bits per heavy atom. The third kappa shape index (κ3) is 1.99. The maximum atomic E-state index is 12.8. The minimum Gasteiger partial charge on any atom is -0.398 e. The largest absolute Gasteiger partial charge is 0.398 e. The highest BCUT2D eigenvalue weighted by atomic mass is 35.5. The molecule has 2 N–H and O–H groups in total. The van der Waals surface area contributed by atoms with Crippen LogP contribution in [-0.2, 0) is 9.84 Å². The first-order valence-electron chi connectivity index (χ1n) is 3.85. The monoisotopic (exact) mass is 237 g/mol. The molecule has 0 bridgehead atoms. The molecule has 78 valence electrons. The number of nitrogens with two attached hydrogens (primary N) is 1. The SMILES string of the molecule is CCS(=O)(=O)c1cc(Cl)c(F)cc1N. The maximum absolute atomic E-state index is 12.8. The van der Waals surface area contributed by atoms with Gasteiger partial charge in [-0.2, -0.15) is 0 Å². The summed E-state index contributed by atoms with van der Waals surface area (Å²) in [7, 11) is -3.44. The highest BCUT2D eigenvalue weighted by Gasteiger charge is 2.17. The highest BCUT2D eigenvalue weighted by molar-refractivity contribution is 7.91. The van der Waals surface area contributed by atoms with E-state index in [1.165, 1.54) is 6.92 Å². The second-order valence-electron chi connectivity index (χ2n) is 2.71. The van der Waals surface area contributed by atoms with E-state index in [4.69, 9.17) is 17.3 Å². The third-order valence-electron chi connectivity index (χ3n) is 1.77. The molecular formula is C8H9ClFNO2S. The molecule has 0 spiro atoms. The second kappa shape index (κ2) is 3.74. The van der Waals surface area contributed by atoms with Crippen molar-refractivity contribution in [1.29, 1.82) is 0 Å². The number of hydrogen-bond donors (Lipinski definition) is 1. The van der Waals surface area contributed by atoms with E-state index in [2.05, 4.69) is 0 Å². The van der Waals surface area contributed by atoms with Crippen molar-refractivity contribution in [1.82, 2.24) is 0 Å². The van der Waals surface area contributed by atoms with Crippen LogP contribution in [0.15, 0.2) is 17.0 Å². The molecular weight excluding hydrogens is 229 g/mol. The van der Waals surface area contributed by atoms with Crippen LogP contribution >= 0.6 is 11.6 Å². The van der Waals surface area contributed by atoms with Gasteiger partial charge < -0.3 is 5.73 Å². The molecule has 0 heterocycles. The van der Waals surface area contributed by atoms with Gasteiger partial charge in [-0.05, 0) is 12.1 Å². The van der Waals surface area contributed by atoms with Crippen LogP contribution in [0.3, 0.4) is 0 Å². The van der Waals surface area contributed by atoms with E-state index >= 15 is 0 Å². The lowest BCUT2D eigenvalue weighted by molar-refractivity contribution is 0.596. The molecule has 0 aliphatic heterocycles. The number of anilines is 1. The first kappa shape index (κ1) is 11.3. The molecule has 0 saturated carbocycles. The minimum absolute atomic E-state index is 0.0981. The summed E-state index contributed by atoms with van der Waals surface area (Å²) in [5, 5.41) is -0.244. The summed E-state index contributed by atoms with van der Waals surface area (Å²) >= 11 is 5.45. The van der Waals surface area contributed by atoms with Crippen molar-refractivity contribution in [2.45, 2.75) is 11.8 Å². The molecule has 0 unspecified atom stereocenters. The molecule has 1 aromatic rings. The van der Waals surface area contributed by atoms with Crippen LogP contribution in [0.5, 0.6) is 0 Å². The molecule has 0 atom stereocenters. The van der Waals surface area contributed by atoms with E-state index in [-0.39, 0.29) is 21.4 Å². The molecule has 3 nitrogen and oxygen atoms in total. The van der Waals surface area contributed by atoms with Gasteiger partial charge in [0.15, 0.2) is 9.84 Å². The van der Waals surface area contributed by atoms with Gasteiger partial charge in [-0.15, -0.1) is 0 Å². The van der Waals surface area contributed by atoms with Crippen LogP contribution in [-0.4, -0.2) is 14.2 Å². The molecule has 0 saturated heterocycles. The highest BCUT2D eigenvalue weighted by Crippen LogP contribution is 2.26. The lowest BCUT2D eigenvalue weighted by Gasteiger charge is -2.06. The molecule has 6 heteroatoms. The second-order valence-corrected chi connectivity index (χ2v) is 5.36. The molecule has 0 aromatic heterocycles. The Morgan fingerprint density at radius 3 is 2.57 bits per heavy atom. The topological polar surface area (TPSA) is 60.2 Å². The number of rotatable bonds is 2. The molecule has 14 heavy (non-hydrogen) atoms. The van der Waals surface area contributed by atoms with Gasteiger partial charge in [0, 0.05) is 0 Å². The molecule has 1 rings (SSSR count). The van der Waals surface area contributed by atoms with Gasteiger partial charge in [-0.1, -0.05) is 18.5 Å². The van der Waals surface area contributed by atoms with Crippen molar-refractivity contribution in [3.05, 3.63) is 23.0 Å². The molecule has 0 fully saturated rings. The predicted molar refractivity (Wildman–Crippen MR) is 53.5 cm³/mol. The number of benzene rings is 1. The Kier molecular flexibility index (Phi) is 3.01. The van der Waals surface area contributed by atoms with Crippen molar-refractivity contribution in [2.24, 2.45) is 0 Å². The lowest BCUT2D eigenvalue weighted by Crippen LogP contribution is -2.07. The van der Waals surface area contributed by atoms with E-state index in [0.29, 0.717) is 0 Å². The normalized spacial score (nSPS) is 11.6. The average Bonchev–Trinajstić information content (AvgIpc) is 2.11. The molecule has 0 radical (unpaired) electrons. The fourth-order valence-corrected chi connectivity index (χ4v) is 2.22. The number of hydrogen-bond acceptors (Lipinski definition) is 3. The van der Waals surface area contributed by atoms with Gasteiger partial charge in [0.1, 0.15) is 5.82 Å². The fraction of sp³-hybridized carbons (Fsp3) is 0.250. The zero-order valence-corrected chi connectivity index (χ0v) is 8.99. The van der Waals surface area contributed by atoms with Gasteiger partial charge >= 0.3 is 0 Å². The fourth-order valence-electron chi connectivity index (χ4n) is 0.969. The zero-order valence-electron chi connectivity index (χ0n) is 7.42. The van der Waals surface area contributed by atoms with Crippen LogP contribution in [0.4, 0.5) is 10.1 Å². The van der Waals surface area contributed by atoms with Gasteiger partial charge in [-0.25, -0.2) is 12.8 Å². The first-order chi connectivity index (χ1) is 6.38. The summed E-state index contributed by atoms with van der Waals surface area (Å²) in [6, 6.07) is 1.94. The van der Waals surface area contributed by atoms with E-state index in [1.54, 1.807) is 0 Å². The van der Waals surface area contributed by atoms with Gasteiger partial charge in [0.05, 0.1) is 21.4 Å². The third-order valence-corrected chi connectivity index (χ3v) is 3.84. The average molecular weight is 238 g/mol. The van der Waals surface area contributed by atoms with E-state index < -0.39 is 15.7 Å². The summed E-state index contributed by atoms with van der Waals surface area (Å²) < 4.78 is 35.7. The van der Waals surface area contributed by atoms with E-state index in [9.17, 15) is 12.8 Å². The van der Waals surface area contributed by atoms with Crippen LogP contribution < -0.4 is 5.73 Å². The van der Waals surface area contributed by atoms with Crippen LogP contribution in [0, 0.1) is 5.82 Å². The van der Waals surface area contributed by atoms with Crippen LogP contribution in [0.2, 0.25) is 5.02 Å². The Balaban J connectivity index is 3.45. The quantitative estimate of drug-likeness (QED) is 0.631. The van der Waals surface area contributed by atoms with E-state index in [0.717, 1.165) is 12.1 Å². The standard InChI is InChI=1S/C8H9ClFNO2S/c1-2-14(12,13)8-3-5(9)6(10)4-7(8)11/h3-4H,2,11H2,1H3. The Labute approximate surface area is 86.6 Å².